The zero-order chi connectivity index (χ0) is 10.9. The summed E-state index contributed by atoms with van der Waals surface area (Å²) in [6, 6.07) is 4.26. The van der Waals surface area contributed by atoms with Gasteiger partial charge < -0.3 is 5.32 Å². The van der Waals surface area contributed by atoms with Crippen molar-refractivity contribution >= 4 is 0 Å². The second-order valence-corrected chi connectivity index (χ2v) is 3.57. The summed E-state index contributed by atoms with van der Waals surface area (Å²) in [7, 11) is 0. The first-order valence-electron chi connectivity index (χ1n) is 5.45. The van der Waals surface area contributed by atoms with Crippen molar-refractivity contribution in [2.45, 2.75) is 32.2 Å². The Bertz CT molecular complexity index is 300. The molecule has 1 unspecified atom stereocenters. The molecule has 0 spiro atoms. The molecule has 2 heteroatoms. The summed E-state index contributed by atoms with van der Waals surface area (Å²) in [5.74, 6) is 2.76. The molecule has 0 amide bonds. The van der Waals surface area contributed by atoms with Crippen LogP contribution in [-0.2, 0) is 6.42 Å². The minimum absolute atomic E-state index is 0.215. The molecule has 1 heterocycles. The Labute approximate surface area is 92.1 Å². The predicted octanol–water partition coefficient (Wildman–Crippen LogP) is 2.02. The van der Waals surface area contributed by atoms with Crippen LogP contribution in [0.2, 0.25) is 0 Å². The molecule has 15 heavy (non-hydrogen) atoms. The minimum atomic E-state index is 0.215. The van der Waals surface area contributed by atoms with Gasteiger partial charge in [-0.1, -0.05) is 25.3 Å². The maximum Gasteiger partial charge on any atom is 0.0686 e. The second kappa shape index (κ2) is 7.03. The molecule has 1 atom stereocenters. The lowest BCUT2D eigenvalue weighted by atomic mass is 10.1. The Balaban J connectivity index is 2.24. The lowest BCUT2D eigenvalue weighted by Gasteiger charge is -2.11. The highest BCUT2D eigenvalue weighted by Gasteiger charge is 2.01. The van der Waals surface area contributed by atoms with E-state index < -0.39 is 0 Å². The van der Waals surface area contributed by atoms with Crippen LogP contribution in [-0.4, -0.2) is 17.6 Å². The summed E-state index contributed by atoms with van der Waals surface area (Å²) < 4.78 is 0. The summed E-state index contributed by atoms with van der Waals surface area (Å²) in [5.41, 5.74) is 1.25. The number of nitrogens with one attached hydrogen (secondary N) is 1. The van der Waals surface area contributed by atoms with Crippen molar-refractivity contribution < 1.29 is 0 Å². The van der Waals surface area contributed by atoms with Crippen LogP contribution in [0.3, 0.4) is 0 Å². The van der Waals surface area contributed by atoms with Gasteiger partial charge in [-0.05, 0) is 24.5 Å². The highest BCUT2D eigenvalue weighted by Crippen LogP contribution is 1.98. The zero-order valence-corrected chi connectivity index (χ0v) is 9.24. The van der Waals surface area contributed by atoms with Crippen molar-refractivity contribution in [1.82, 2.24) is 10.3 Å². The van der Waals surface area contributed by atoms with E-state index in [0.717, 1.165) is 25.8 Å². The van der Waals surface area contributed by atoms with Gasteiger partial charge in [-0.3, -0.25) is 4.98 Å². The molecule has 0 saturated heterocycles. The Morgan fingerprint density at radius 1 is 1.60 bits per heavy atom. The van der Waals surface area contributed by atoms with Crippen LogP contribution in [0.15, 0.2) is 24.5 Å². The van der Waals surface area contributed by atoms with Crippen molar-refractivity contribution in [3.63, 3.8) is 0 Å². The Morgan fingerprint density at radius 3 is 3.07 bits per heavy atom. The van der Waals surface area contributed by atoms with Gasteiger partial charge >= 0.3 is 0 Å². The predicted molar refractivity (Wildman–Crippen MR) is 63.5 cm³/mol. The van der Waals surface area contributed by atoms with Crippen LogP contribution < -0.4 is 5.32 Å². The molecule has 1 aromatic heterocycles. The number of terminal acetylenes is 1. The maximum atomic E-state index is 5.41. The van der Waals surface area contributed by atoms with Crippen LogP contribution in [0.4, 0.5) is 0 Å². The maximum absolute atomic E-state index is 5.41. The summed E-state index contributed by atoms with van der Waals surface area (Å²) >= 11 is 0. The summed E-state index contributed by atoms with van der Waals surface area (Å²) in [6.07, 6.45) is 12.2. The van der Waals surface area contributed by atoms with E-state index in [1.54, 1.807) is 6.20 Å². The van der Waals surface area contributed by atoms with Gasteiger partial charge in [0, 0.05) is 18.9 Å². The largest absolute Gasteiger partial charge is 0.303 e. The highest BCUT2D eigenvalue weighted by molar-refractivity contribution is 5.09. The third-order valence-corrected chi connectivity index (χ3v) is 2.31. The molecule has 0 aliphatic carbocycles. The summed E-state index contributed by atoms with van der Waals surface area (Å²) in [5, 5.41) is 3.35. The first-order valence-corrected chi connectivity index (χ1v) is 5.45. The molecular weight excluding hydrogens is 184 g/mol. The summed E-state index contributed by atoms with van der Waals surface area (Å²) in [6.45, 7) is 3.06. The number of pyridine rings is 1. The SMILES string of the molecule is C#CC(CCC)NCCc1cccnc1. The van der Waals surface area contributed by atoms with Gasteiger partial charge in [-0.25, -0.2) is 0 Å². The van der Waals surface area contributed by atoms with Crippen molar-refractivity contribution in [2.75, 3.05) is 6.54 Å². The fraction of sp³-hybridized carbons (Fsp3) is 0.462. The lowest BCUT2D eigenvalue weighted by Crippen LogP contribution is -2.29. The van der Waals surface area contributed by atoms with E-state index in [-0.39, 0.29) is 6.04 Å². The molecule has 80 valence electrons. The van der Waals surface area contributed by atoms with Crippen molar-refractivity contribution in [3.8, 4) is 12.3 Å². The van der Waals surface area contributed by atoms with Gasteiger partial charge in [-0.15, -0.1) is 6.42 Å². The Hall–Kier alpha value is -1.33. The fourth-order valence-electron chi connectivity index (χ4n) is 1.47. The highest BCUT2D eigenvalue weighted by atomic mass is 14.9. The Morgan fingerprint density at radius 2 is 2.47 bits per heavy atom. The molecule has 0 radical (unpaired) electrons. The van der Waals surface area contributed by atoms with E-state index in [1.165, 1.54) is 5.56 Å². The van der Waals surface area contributed by atoms with E-state index in [0.29, 0.717) is 0 Å². The molecule has 0 aromatic carbocycles. The van der Waals surface area contributed by atoms with Gasteiger partial charge in [0.2, 0.25) is 0 Å². The normalized spacial score (nSPS) is 12.0. The average Bonchev–Trinajstić information content (AvgIpc) is 2.29. The lowest BCUT2D eigenvalue weighted by molar-refractivity contribution is 0.565. The first-order chi connectivity index (χ1) is 7.36. The first kappa shape index (κ1) is 11.7. The molecule has 1 aromatic rings. The standard InChI is InChI=1S/C13H18N2/c1-3-6-13(4-2)15-10-8-12-7-5-9-14-11-12/h2,5,7,9,11,13,15H,3,6,8,10H2,1H3. The molecule has 0 aliphatic heterocycles. The van der Waals surface area contributed by atoms with Gasteiger partial charge in [0.25, 0.3) is 0 Å². The van der Waals surface area contributed by atoms with Crippen LogP contribution in [0.1, 0.15) is 25.3 Å². The number of hydrogen-bond acceptors (Lipinski definition) is 2. The van der Waals surface area contributed by atoms with Gasteiger partial charge in [0.1, 0.15) is 0 Å². The molecule has 0 aliphatic rings. The third kappa shape index (κ3) is 4.62. The molecule has 0 fully saturated rings. The van der Waals surface area contributed by atoms with Crippen LogP contribution in [0, 0.1) is 12.3 Å². The van der Waals surface area contributed by atoms with Crippen molar-refractivity contribution in [3.05, 3.63) is 30.1 Å². The third-order valence-electron chi connectivity index (χ3n) is 2.31. The van der Waals surface area contributed by atoms with E-state index in [4.69, 9.17) is 6.42 Å². The summed E-state index contributed by atoms with van der Waals surface area (Å²) in [4.78, 5) is 4.07. The monoisotopic (exact) mass is 202 g/mol. The zero-order valence-electron chi connectivity index (χ0n) is 9.24. The topological polar surface area (TPSA) is 24.9 Å². The van der Waals surface area contributed by atoms with Gasteiger partial charge in [0.15, 0.2) is 0 Å². The van der Waals surface area contributed by atoms with E-state index in [2.05, 4.69) is 29.2 Å². The van der Waals surface area contributed by atoms with E-state index >= 15 is 0 Å². The van der Waals surface area contributed by atoms with Crippen LogP contribution >= 0.6 is 0 Å². The Kier molecular flexibility index (Phi) is 5.50. The van der Waals surface area contributed by atoms with E-state index in [9.17, 15) is 0 Å². The van der Waals surface area contributed by atoms with Crippen molar-refractivity contribution in [2.24, 2.45) is 0 Å². The molecule has 0 saturated carbocycles. The molecule has 2 nitrogen and oxygen atoms in total. The van der Waals surface area contributed by atoms with Gasteiger partial charge in [-0.2, -0.15) is 0 Å². The number of aromatic nitrogens is 1. The molecule has 1 rings (SSSR count). The number of nitrogens with zero attached hydrogens (tertiary/aromatic N) is 1. The number of hydrogen-bond donors (Lipinski definition) is 1. The van der Waals surface area contributed by atoms with Crippen molar-refractivity contribution in [1.29, 1.82) is 0 Å². The minimum Gasteiger partial charge on any atom is -0.303 e. The quantitative estimate of drug-likeness (QED) is 0.714. The van der Waals surface area contributed by atoms with Crippen LogP contribution in [0.5, 0.6) is 0 Å². The molecule has 0 bridgehead atoms. The second-order valence-electron chi connectivity index (χ2n) is 3.57. The van der Waals surface area contributed by atoms with E-state index in [1.807, 2.05) is 12.3 Å². The number of rotatable bonds is 6. The average molecular weight is 202 g/mol. The smallest absolute Gasteiger partial charge is 0.0686 e. The molecular formula is C13H18N2. The molecule has 1 N–H and O–H groups in total. The van der Waals surface area contributed by atoms with Crippen LogP contribution in [0.25, 0.3) is 0 Å². The fourth-order valence-corrected chi connectivity index (χ4v) is 1.47. The van der Waals surface area contributed by atoms with Gasteiger partial charge in [0.05, 0.1) is 6.04 Å².